The number of halogens is 1. The van der Waals surface area contributed by atoms with Crippen LogP contribution in [0.15, 0.2) is 39.6 Å². The van der Waals surface area contributed by atoms with Gasteiger partial charge in [0.1, 0.15) is 5.78 Å². The number of fused-ring (bicyclic) bond motifs is 1. The molecule has 0 amide bonds. The zero-order valence-electron chi connectivity index (χ0n) is 18.1. The van der Waals surface area contributed by atoms with Crippen LogP contribution in [0.2, 0.25) is 0 Å². The van der Waals surface area contributed by atoms with Crippen LogP contribution in [0.25, 0.3) is 0 Å². The average Bonchev–Trinajstić information content (AvgIpc) is 2.58. The number of ketones is 2. The average molecular weight is 474 g/mol. The van der Waals surface area contributed by atoms with Crippen molar-refractivity contribution in [1.82, 2.24) is 5.32 Å². The van der Waals surface area contributed by atoms with Crippen molar-refractivity contribution in [3.63, 3.8) is 0 Å². The third kappa shape index (κ3) is 3.49. The molecule has 2 aliphatic carbocycles. The molecule has 1 heterocycles. The fourth-order valence-electron chi connectivity index (χ4n) is 5.22. The molecule has 1 aliphatic heterocycles. The summed E-state index contributed by atoms with van der Waals surface area (Å²) < 4.78 is 6.00. The Balaban J connectivity index is 1.98. The smallest absolute Gasteiger partial charge is 0.161 e. The highest BCUT2D eigenvalue weighted by Gasteiger charge is 2.49. The van der Waals surface area contributed by atoms with Crippen molar-refractivity contribution >= 4 is 27.5 Å². The summed E-state index contributed by atoms with van der Waals surface area (Å²) >= 11 is 3.56. The lowest BCUT2D eigenvalue weighted by Gasteiger charge is -2.46. The SMILES string of the molecule is COc1cc(C2C3=C(CC(C)(C)CC3=O)NC3=CC(C)(C)CC(=O)C32)c(Br)cc1O. The minimum atomic E-state index is -0.451. The number of rotatable bonds is 2. The molecule has 0 spiro atoms. The number of Topliss-reactive ketones (excluding diaryl/α,β-unsaturated/α-hetero) is 2. The molecule has 160 valence electrons. The minimum absolute atomic E-state index is 0.0132. The van der Waals surface area contributed by atoms with Gasteiger partial charge in [-0.25, -0.2) is 0 Å². The molecule has 1 aromatic rings. The molecule has 0 aromatic heterocycles. The number of ether oxygens (including phenoxy) is 1. The standard InChI is InChI=1S/C24H28BrNO4/c1-23(2)8-14-21(17(28)10-23)20(12-6-19(30-5)16(27)7-13(12)25)22-15(26-14)9-24(3,4)11-18(22)29/h6-8,20-21,26-27H,9-11H2,1-5H3. The maximum Gasteiger partial charge on any atom is 0.161 e. The number of benzene rings is 1. The summed E-state index contributed by atoms with van der Waals surface area (Å²) in [6.07, 6.45) is 3.76. The van der Waals surface area contributed by atoms with E-state index in [0.717, 1.165) is 23.4 Å². The van der Waals surface area contributed by atoms with Crippen molar-refractivity contribution in [3.05, 3.63) is 45.2 Å². The molecule has 4 rings (SSSR count). The summed E-state index contributed by atoms with van der Waals surface area (Å²) in [4.78, 5) is 26.7. The second-order valence-electron chi connectivity index (χ2n) is 10.2. The summed E-state index contributed by atoms with van der Waals surface area (Å²) in [6, 6.07) is 3.33. The van der Waals surface area contributed by atoms with Crippen molar-refractivity contribution in [1.29, 1.82) is 0 Å². The predicted molar refractivity (Wildman–Crippen MR) is 118 cm³/mol. The minimum Gasteiger partial charge on any atom is -0.504 e. The van der Waals surface area contributed by atoms with Gasteiger partial charge in [-0.3, -0.25) is 9.59 Å². The van der Waals surface area contributed by atoms with Crippen LogP contribution in [0.3, 0.4) is 0 Å². The summed E-state index contributed by atoms with van der Waals surface area (Å²) in [6.45, 7) is 8.32. The zero-order valence-corrected chi connectivity index (χ0v) is 19.6. The van der Waals surface area contributed by atoms with Crippen LogP contribution in [0.1, 0.15) is 58.4 Å². The number of nitrogens with one attached hydrogen (secondary N) is 1. The number of phenolic OH excluding ortho intramolecular Hbond substituents is 1. The lowest BCUT2D eigenvalue weighted by molar-refractivity contribution is -0.125. The van der Waals surface area contributed by atoms with Gasteiger partial charge in [0.2, 0.25) is 0 Å². The molecule has 2 unspecified atom stereocenters. The predicted octanol–water partition coefficient (Wildman–Crippen LogP) is 4.99. The first-order valence-electron chi connectivity index (χ1n) is 10.3. The topological polar surface area (TPSA) is 75.6 Å². The Hall–Kier alpha value is -2.08. The zero-order chi connectivity index (χ0) is 22.0. The molecular formula is C24H28BrNO4. The van der Waals surface area contributed by atoms with Gasteiger partial charge in [0, 0.05) is 40.2 Å². The number of carbonyl (C=O) groups excluding carboxylic acids is 2. The highest BCUT2D eigenvalue weighted by molar-refractivity contribution is 9.10. The van der Waals surface area contributed by atoms with Crippen LogP contribution in [-0.2, 0) is 9.59 Å². The molecule has 30 heavy (non-hydrogen) atoms. The first-order valence-corrected chi connectivity index (χ1v) is 11.1. The molecule has 6 heteroatoms. The van der Waals surface area contributed by atoms with E-state index < -0.39 is 11.8 Å². The third-order valence-electron chi connectivity index (χ3n) is 6.35. The quantitative estimate of drug-likeness (QED) is 0.632. The fourth-order valence-corrected chi connectivity index (χ4v) is 5.79. The molecular weight excluding hydrogens is 446 g/mol. The van der Waals surface area contributed by atoms with E-state index in [9.17, 15) is 14.7 Å². The van der Waals surface area contributed by atoms with Gasteiger partial charge in [-0.1, -0.05) is 49.7 Å². The van der Waals surface area contributed by atoms with E-state index in [1.54, 1.807) is 12.1 Å². The number of phenols is 1. The van der Waals surface area contributed by atoms with Gasteiger partial charge in [0.15, 0.2) is 17.3 Å². The van der Waals surface area contributed by atoms with E-state index >= 15 is 0 Å². The van der Waals surface area contributed by atoms with Crippen LogP contribution in [0.5, 0.6) is 11.5 Å². The fraction of sp³-hybridized carbons (Fsp3) is 0.500. The number of aromatic hydroxyl groups is 1. The Kier molecular flexibility index (Phi) is 4.92. The summed E-state index contributed by atoms with van der Waals surface area (Å²) in [5, 5.41) is 13.7. The maximum atomic E-state index is 13.4. The molecule has 0 bridgehead atoms. The van der Waals surface area contributed by atoms with Gasteiger partial charge in [-0.2, -0.15) is 0 Å². The van der Waals surface area contributed by atoms with Gasteiger partial charge in [-0.15, -0.1) is 0 Å². The van der Waals surface area contributed by atoms with Gasteiger partial charge in [0.05, 0.1) is 13.0 Å². The number of hydrogen-bond donors (Lipinski definition) is 2. The molecule has 0 saturated carbocycles. The largest absolute Gasteiger partial charge is 0.504 e. The summed E-state index contributed by atoms with van der Waals surface area (Å²) in [5.41, 5.74) is 2.89. The molecule has 1 aromatic carbocycles. The van der Waals surface area contributed by atoms with Gasteiger partial charge in [-0.05, 0) is 34.9 Å². The Bertz CT molecular complexity index is 1020. The Morgan fingerprint density at radius 1 is 1.10 bits per heavy atom. The summed E-state index contributed by atoms with van der Waals surface area (Å²) in [5.74, 6) is -0.325. The van der Waals surface area contributed by atoms with Crippen LogP contribution >= 0.6 is 15.9 Å². The van der Waals surface area contributed by atoms with Gasteiger partial charge >= 0.3 is 0 Å². The van der Waals surface area contributed by atoms with Crippen LogP contribution in [-0.4, -0.2) is 23.8 Å². The second-order valence-corrected chi connectivity index (χ2v) is 11.0. The summed E-state index contributed by atoms with van der Waals surface area (Å²) in [7, 11) is 1.49. The van der Waals surface area contributed by atoms with Crippen LogP contribution < -0.4 is 10.1 Å². The van der Waals surface area contributed by atoms with Crippen molar-refractivity contribution in [2.24, 2.45) is 16.7 Å². The number of carbonyl (C=O) groups is 2. The lowest BCUT2D eigenvalue weighted by Crippen LogP contribution is -2.46. The first kappa shape index (κ1) is 21.2. The molecule has 0 radical (unpaired) electrons. The van der Waals surface area contributed by atoms with Crippen molar-refractivity contribution in [2.75, 3.05) is 7.11 Å². The highest BCUT2D eigenvalue weighted by Crippen LogP contribution is 2.53. The molecule has 0 fully saturated rings. The van der Waals surface area contributed by atoms with Crippen LogP contribution in [0, 0.1) is 16.7 Å². The van der Waals surface area contributed by atoms with E-state index in [4.69, 9.17) is 4.74 Å². The van der Waals surface area contributed by atoms with Crippen molar-refractivity contribution in [3.8, 4) is 11.5 Å². The monoisotopic (exact) mass is 473 g/mol. The van der Waals surface area contributed by atoms with E-state index in [-0.39, 0.29) is 28.1 Å². The first-order chi connectivity index (χ1) is 13.9. The van der Waals surface area contributed by atoms with Crippen molar-refractivity contribution in [2.45, 2.75) is 52.9 Å². The van der Waals surface area contributed by atoms with E-state index in [1.165, 1.54) is 7.11 Å². The Morgan fingerprint density at radius 2 is 1.80 bits per heavy atom. The Morgan fingerprint density at radius 3 is 2.47 bits per heavy atom. The molecule has 5 nitrogen and oxygen atoms in total. The molecule has 0 saturated heterocycles. The van der Waals surface area contributed by atoms with Crippen molar-refractivity contribution < 1.29 is 19.4 Å². The highest BCUT2D eigenvalue weighted by atomic mass is 79.9. The molecule has 2 atom stereocenters. The molecule has 2 N–H and O–H groups in total. The number of allylic oxidation sites excluding steroid dienone is 4. The molecule has 3 aliphatic rings. The van der Waals surface area contributed by atoms with Gasteiger partial charge in [0.25, 0.3) is 0 Å². The number of hydrogen-bond acceptors (Lipinski definition) is 5. The van der Waals surface area contributed by atoms with E-state index in [1.807, 2.05) is 0 Å². The van der Waals surface area contributed by atoms with E-state index in [0.29, 0.717) is 28.6 Å². The lowest BCUT2D eigenvalue weighted by atomic mass is 9.62. The maximum absolute atomic E-state index is 13.4. The van der Waals surface area contributed by atoms with E-state index in [2.05, 4.69) is 55.0 Å². The normalized spacial score (nSPS) is 27.1. The second kappa shape index (κ2) is 6.98. The van der Waals surface area contributed by atoms with Gasteiger partial charge < -0.3 is 15.2 Å². The number of methoxy groups -OCH3 is 1. The van der Waals surface area contributed by atoms with Crippen LogP contribution in [0.4, 0.5) is 0 Å². The third-order valence-corrected chi connectivity index (χ3v) is 7.04. The Labute approximate surface area is 185 Å².